The summed E-state index contributed by atoms with van der Waals surface area (Å²) in [6.07, 6.45) is -3.32. The van der Waals surface area contributed by atoms with E-state index in [1.807, 2.05) is 6.92 Å². The van der Waals surface area contributed by atoms with Gasteiger partial charge < -0.3 is 14.2 Å². The minimum Gasteiger partial charge on any atom is -0.488 e. The molecule has 1 aliphatic rings. The second kappa shape index (κ2) is 8.71. The van der Waals surface area contributed by atoms with Crippen molar-refractivity contribution in [3.8, 4) is 11.5 Å². The lowest BCUT2D eigenvalue weighted by Crippen LogP contribution is -2.29. The van der Waals surface area contributed by atoms with Gasteiger partial charge in [-0.2, -0.15) is 13.2 Å². The Bertz CT molecular complexity index is 889. The topological polar surface area (TPSA) is 27.7 Å². The summed E-state index contributed by atoms with van der Waals surface area (Å²) in [5.74, 6) is -10.4. The van der Waals surface area contributed by atoms with Gasteiger partial charge in [-0.25, -0.2) is 17.6 Å². The molecule has 0 N–H and O–H groups in total. The minimum absolute atomic E-state index is 0.0938. The molecule has 2 aromatic rings. The lowest BCUT2D eigenvalue weighted by atomic mass is 10.0. The largest absolute Gasteiger partial charge is 0.488 e. The van der Waals surface area contributed by atoms with Gasteiger partial charge >= 0.3 is 6.11 Å². The molecule has 30 heavy (non-hydrogen) atoms. The van der Waals surface area contributed by atoms with Crippen molar-refractivity contribution in [2.45, 2.75) is 32.0 Å². The fourth-order valence-electron chi connectivity index (χ4n) is 2.91. The molecule has 2 unspecified atom stereocenters. The quantitative estimate of drug-likeness (QED) is 0.428. The van der Waals surface area contributed by atoms with E-state index in [2.05, 4.69) is 4.74 Å². The molecule has 0 saturated carbocycles. The number of hydrogen-bond donors (Lipinski definition) is 0. The molecular formula is C20H17F7O3. The van der Waals surface area contributed by atoms with Crippen LogP contribution in [-0.4, -0.2) is 19.3 Å². The van der Waals surface area contributed by atoms with Crippen LogP contribution in [0.4, 0.5) is 30.7 Å². The highest BCUT2D eigenvalue weighted by Crippen LogP contribution is 2.37. The molecule has 1 fully saturated rings. The van der Waals surface area contributed by atoms with E-state index in [1.54, 1.807) is 0 Å². The van der Waals surface area contributed by atoms with Gasteiger partial charge in [0.25, 0.3) is 0 Å². The third kappa shape index (κ3) is 4.80. The monoisotopic (exact) mass is 438 g/mol. The Morgan fingerprint density at radius 3 is 2.23 bits per heavy atom. The predicted molar refractivity (Wildman–Crippen MR) is 90.8 cm³/mol. The summed E-state index contributed by atoms with van der Waals surface area (Å²) in [6, 6.07) is 1.61. The lowest BCUT2D eigenvalue weighted by Gasteiger charge is -2.27. The zero-order valence-electron chi connectivity index (χ0n) is 15.7. The van der Waals surface area contributed by atoms with Gasteiger partial charge in [-0.15, -0.1) is 0 Å². The Morgan fingerprint density at radius 2 is 1.63 bits per heavy atom. The van der Waals surface area contributed by atoms with Crippen LogP contribution in [0.5, 0.6) is 11.5 Å². The van der Waals surface area contributed by atoms with Gasteiger partial charge in [-0.1, -0.05) is 6.92 Å². The number of alkyl halides is 2. The SMILES string of the molecule is CC1CCC(COc2ccc(C(F)(F)Oc3cc(F)c(F)c(F)c3)c(F)c2F)OC1. The molecule has 1 saturated heterocycles. The first-order valence-electron chi connectivity index (χ1n) is 9.02. The summed E-state index contributed by atoms with van der Waals surface area (Å²) in [4.78, 5) is 0. The van der Waals surface area contributed by atoms with Gasteiger partial charge in [0.15, 0.2) is 29.0 Å². The number of rotatable bonds is 6. The molecule has 0 amide bonds. The van der Waals surface area contributed by atoms with Crippen LogP contribution in [-0.2, 0) is 10.8 Å². The fraction of sp³-hybridized carbons (Fsp3) is 0.400. The van der Waals surface area contributed by atoms with Crippen LogP contribution in [0.2, 0.25) is 0 Å². The predicted octanol–water partition coefficient (Wildman–Crippen LogP) is 5.70. The minimum atomic E-state index is -4.51. The van der Waals surface area contributed by atoms with Crippen molar-refractivity contribution in [2.75, 3.05) is 13.2 Å². The second-order valence-electron chi connectivity index (χ2n) is 7.01. The van der Waals surface area contributed by atoms with Crippen molar-refractivity contribution in [2.24, 2.45) is 5.92 Å². The maximum absolute atomic E-state index is 14.3. The second-order valence-corrected chi connectivity index (χ2v) is 7.01. The molecule has 0 spiro atoms. The molecule has 1 heterocycles. The average molecular weight is 438 g/mol. The Labute approximate surface area is 167 Å². The van der Waals surface area contributed by atoms with Gasteiger partial charge in [0.05, 0.1) is 6.10 Å². The van der Waals surface area contributed by atoms with Gasteiger partial charge in [0.2, 0.25) is 5.82 Å². The summed E-state index contributed by atoms with van der Waals surface area (Å²) in [7, 11) is 0. The number of ether oxygens (including phenoxy) is 3. The third-order valence-corrected chi connectivity index (χ3v) is 4.59. The molecule has 3 nitrogen and oxygen atoms in total. The molecular weight excluding hydrogens is 421 g/mol. The first-order valence-corrected chi connectivity index (χ1v) is 9.02. The summed E-state index contributed by atoms with van der Waals surface area (Å²) >= 11 is 0. The van der Waals surface area contributed by atoms with E-state index in [0.717, 1.165) is 12.5 Å². The zero-order valence-corrected chi connectivity index (χ0v) is 15.7. The van der Waals surface area contributed by atoms with E-state index in [1.165, 1.54) is 0 Å². The Hall–Kier alpha value is -2.49. The van der Waals surface area contributed by atoms with E-state index in [9.17, 15) is 30.7 Å². The summed E-state index contributed by atoms with van der Waals surface area (Å²) < 4.78 is 111. The van der Waals surface area contributed by atoms with Gasteiger partial charge in [-0.3, -0.25) is 0 Å². The first kappa shape index (κ1) is 22.2. The number of halogens is 7. The molecule has 0 aromatic heterocycles. The van der Waals surface area contributed by atoms with E-state index < -0.39 is 52.3 Å². The molecule has 164 valence electrons. The first-order chi connectivity index (χ1) is 14.1. The molecule has 0 radical (unpaired) electrons. The molecule has 0 bridgehead atoms. The van der Waals surface area contributed by atoms with Crippen LogP contribution in [0.3, 0.4) is 0 Å². The van der Waals surface area contributed by atoms with E-state index in [0.29, 0.717) is 25.0 Å². The highest BCUT2D eigenvalue weighted by atomic mass is 19.3. The fourth-order valence-corrected chi connectivity index (χ4v) is 2.91. The molecule has 1 aliphatic heterocycles. The molecule has 0 aliphatic carbocycles. The van der Waals surface area contributed by atoms with Crippen molar-refractivity contribution in [1.29, 1.82) is 0 Å². The summed E-state index contributed by atoms with van der Waals surface area (Å²) in [6.45, 7) is 2.41. The van der Waals surface area contributed by atoms with Crippen molar-refractivity contribution in [1.82, 2.24) is 0 Å². The highest BCUT2D eigenvalue weighted by molar-refractivity contribution is 5.34. The Kier molecular flexibility index (Phi) is 6.44. The van der Waals surface area contributed by atoms with Gasteiger partial charge in [-0.05, 0) is 30.9 Å². The number of benzene rings is 2. The Morgan fingerprint density at radius 1 is 0.967 bits per heavy atom. The molecule has 3 rings (SSSR count). The van der Waals surface area contributed by atoms with E-state index in [-0.39, 0.29) is 24.8 Å². The zero-order chi connectivity index (χ0) is 22.1. The van der Waals surface area contributed by atoms with Crippen LogP contribution in [0.25, 0.3) is 0 Å². The smallest absolute Gasteiger partial charge is 0.429 e. The van der Waals surface area contributed by atoms with E-state index >= 15 is 0 Å². The normalized spacial score (nSPS) is 19.6. The molecule has 2 aromatic carbocycles. The lowest BCUT2D eigenvalue weighted by molar-refractivity contribution is -0.188. The maximum Gasteiger partial charge on any atom is 0.429 e. The van der Waals surface area contributed by atoms with Crippen LogP contribution in [0.15, 0.2) is 24.3 Å². The average Bonchev–Trinajstić information content (AvgIpc) is 2.68. The van der Waals surface area contributed by atoms with Crippen molar-refractivity contribution in [3.05, 3.63) is 58.9 Å². The van der Waals surface area contributed by atoms with Crippen LogP contribution in [0.1, 0.15) is 25.3 Å². The Balaban J connectivity index is 1.75. The van der Waals surface area contributed by atoms with Crippen LogP contribution in [0, 0.1) is 35.0 Å². The summed E-state index contributed by atoms with van der Waals surface area (Å²) in [5.41, 5.74) is -1.53. The third-order valence-electron chi connectivity index (χ3n) is 4.59. The highest BCUT2D eigenvalue weighted by Gasteiger charge is 2.40. The van der Waals surface area contributed by atoms with E-state index in [4.69, 9.17) is 9.47 Å². The van der Waals surface area contributed by atoms with Crippen molar-refractivity contribution < 1.29 is 44.9 Å². The maximum atomic E-state index is 14.3. The standard InChI is InChI=1S/C20H17F7O3/c1-10-2-3-11(28-8-10)9-29-16-5-4-13(17(23)19(16)25)20(26,27)30-12-6-14(21)18(24)15(22)7-12/h4-7,10-11H,2-3,8-9H2,1H3. The van der Waals surface area contributed by atoms with Crippen molar-refractivity contribution >= 4 is 0 Å². The summed E-state index contributed by atoms with van der Waals surface area (Å²) in [5, 5.41) is 0. The van der Waals surface area contributed by atoms with Gasteiger partial charge in [0, 0.05) is 18.7 Å². The van der Waals surface area contributed by atoms with Gasteiger partial charge in [0.1, 0.15) is 17.9 Å². The molecule has 10 heteroatoms. The van der Waals surface area contributed by atoms with Crippen LogP contribution < -0.4 is 9.47 Å². The van der Waals surface area contributed by atoms with Crippen molar-refractivity contribution in [3.63, 3.8) is 0 Å². The van der Waals surface area contributed by atoms with Crippen LogP contribution >= 0.6 is 0 Å². The number of hydrogen-bond acceptors (Lipinski definition) is 3. The molecule has 2 atom stereocenters.